The fraction of sp³-hybridized carbons (Fsp3) is 0.500. The first-order chi connectivity index (χ1) is 7.47. The summed E-state index contributed by atoms with van der Waals surface area (Å²) in [5.74, 6) is 0.216. The summed E-state index contributed by atoms with van der Waals surface area (Å²) in [5, 5.41) is 2.79. The Morgan fingerprint density at radius 2 is 2.31 bits per heavy atom. The maximum atomic E-state index is 11.7. The van der Waals surface area contributed by atoms with Crippen molar-refractivity contribution >= 4 is 17.5 Å². The Kier molecular flexibility index (Phi) is 4.06. The number of aryl methyl sites for hydroxylation is 1. The highest BCUT2D eigenvalue weighted by Crippen LogP contribution is 2.08. The predicted octanol–water partition coefficient (Wildman–Crippen LogP) is 0.902. The number of amides is 1. The summed E-state index contributed by atoms with van der Waals surface area (Å²) < 4.78 is 1.32. The number of likely N-dealkylation sites (N-methyl/N-ethyl adjacent to an activating group) is 1. The van der Waals surface area contributed by atoms with E-state index in [0.717, 1.165) is 0 Å². The van der Waals surface area contributed by atoms with Gasteiger partial charge in [0.25, 0.3) is 5.56 Å². The molecule has 0 spiro atoms. The van der Waals surface area contributed by atoms with Crippen molar-refractivity contribution < 1.29 is 4.79 Å². The molecule has 1 aromatic rings. The maximum absolute atomic E-state index is 11.7. The molecule has 0 aromatic carbocycles. The second-order valence-corrected chi connectivity index (χ2v) is 3.79. The summed E-state index contributed by atoms with van der Waals surface area (Å²) in [7, 11) is 0. The molecule has 1 N–H and O–H groups in total. The van der Waals surface area contributed by atoms with Crippen LogP contribution in [0.4, 0.5) is 0 Å². The zero-order chi connectivity index (χ0) is 12.3. The number of rotatable bonds is 3. The van der Waals surface area contributed by atoms with Crippen molar-refractivity contribution in [2.45, 2.75) is 26.8 Å². The van der Waals surface area contributed by atoms with Gasteiger partial charge in [0.15, 0.2) is 0 Å². The van der Waals surface area contributed by atoms with Gasteiger partial charge in [0, 0.05) is 12.6 Å². The average molecular weight is 244 g/mol. The van der Waals surface area contributed by atoms with Gasteiger partial charge in [-0.15, -0.1) is 0 Å². The summed E-state index contributed by atoms with van der Waals surface area (Å²) >= 11 is 5.64. The number of nitrogens with zero attached hydrogens (tertiary/aromatic N) is 2. The lowest BCUT2D eigenvalue weighted by Gasteiger charge is -2.16. The van der Waals surface area contributed by atoms with E-state index in [2.05, 4.69) is 10.3 Å². The molecule has 0 saturated carbocycles. The Morgan fingerprint density at radius 3 is 2.81 bits per heavy atom. The van der Waals surface area contributed by atoms with Gasteiger partial charge in [-0.05, 0) is 20.8 Å². The van der Waals surface area contributed by atoms with Crippen LogP contribution in [0.25, 0.3) is 0 Å². The second-order valence-electron chi connectivity index (χ2n) is 3.40. The second kappa shape index (κ2) is 5.12. The van der Waals surface area contributed by atoms with Gasteiger partial charge in [-0.3, -0.25) is 14.2 Å². The number of carbonyl (C=O) groups is 1. The lowest BCUT2D eigenvalue weighted by atomic mass is 10.3. The average Bonchev–Trinajstić information content (AvgIpc) is 2.16. The molecule has 1 amide bonds. The Labute approximate surface area is 98.4 Å². The molecule has 0 radical (unpaired) electrons. The molecule has 0 bridgehead atoms. The van der Waals surface area contributed by atoms with Crippen molar-refractivity contribution in [3.8, 4) is 0 Å². The van der Waals surface area contributed by atoms with Crippen molar-refractivity contribution in [3.63, 3.8) is 0 Å². The van der Waals surface area contributed by atoms with Crippen LogP contribution < -0.4 is 10.9 Å². The van der Waals surface area contributed by atoms with Crippen LogP contribution in [0.15, 0.2) is 10.9 Å². The summed E-state index contributed by atoms with van der Waals surface area (Å²) in [5.41, 5.74) is -0.323. The molecule has 0 fully saturated rings. The van der Waals surface area contributed by atoms with E-state index >= 15 is 0 Å². The van der Waals surface area contributed by atoms with Crippen LogP contribution in [0.2, 0.25) is 5.15 Å². The summed E-state index contributed by atoms with van der Waals surface area (Å²) in [6.45, 7) is 5.64. The third kappa shape index (κ3) is 2.61. The lowest BCUT2D eigenvalue weighted by molar-refractivity contribution is -0.123. The SMILES string of the molecule is CCNC(=O)C(C)n1c(C)nc(Cl)cc1=O. The van der Waals surface area contributed by atoms with Gasteiger partial charge >= 0.3 is 0 Å². The van der Waals surface area contributed by atoms with Crippen molar-refractivity contribution in [1.29, 1.82) is 0 Å². The Morgan fingerprint density at radius 1 is 1.69 bits per heavy atom. The molecule has 88 valence electrons. The van der Waals surface area contributed by atoms with Crippen LogP contribution in [0.1, 0.15) is 25.7 Å². The standard InChI is InChI=1S/C10H14ClN3O2/c1-4-12-10(16)6(2)14-7(3)13-8(11)5-9(14)15/h5-6H,4H2,1-3H3,(H,12,16). The van der Waals surface area contributed by atoms with E-state index in [1.54, 1.807) is 13.8 Å². The molecule has 0 saturated heterocycles. The molecule has 6 heteroatoms. The summed E-state index contributed by atoms with van der Waals surface area (Å²) in [4.78, 5) is 27.2. The first-order valence-corrected chi connectivity index (χ1v) is 5.38. The molecular formula is C10H14ClN3O2. The molecule has 0 aliphatic carbocycles. The molecule has 5 nitrogen and oxygen atoms in total. The lowest BCUT2D eigenvalue weighted by Crippen LogP contribution is -2.36. The Balaban J connectivity index is 3.14. The number of hydrogen-bond acceptors (Lipinski definition) is 3. The minimum atomic E-state index is -0.586. The highest BCUT2D eigenvalue weighted by molar-refractivity contribution is 6.29. The first kappa shape index (κ1) is 12.7. The van der Waals surface area contributed by atoms with Crippen molar-refractivity contribution in [2.24, 2.45) is 0 Å². The van der Waals surface area contributed by atoms with Gasteiger partial charge in [-0.2, -0.15) is 0 Å². The quantitative estimate of drug-likeness (QED) is 0.803. The van der Waals surface area contributed by atoms with Gasteiger partial charge in [0.2, 0.25) is 5.91 Å². The number of aromatic nitrogens is 2. The van der Waals surface area contributed by atoms with Crippen LogP contribution in [-0.4, -0.2) is 22.0 Å². The molecule has 1 atom stereocenters. The van der Waals surface area contributed by atoms with Crippen LogP contribution >= 0.6 is 11.6 Å². The van der Waals surface area contributed by atoms with E-state index in [9.17, 15) is 9.59 Å². The molecule has 1 rings (SSSR count). The topological polar surface area (TPSA) is 64.0 Å². The third-order valence-corrected chi connectivity index (χ3v) is 2.41. The maximum Gasteiger partial charge on any atom is 0.255 e. The molecule has 1 heterocycles. The van der Waals surface area contributed by atoms with Gasteiger partial charge in [-0.25, -0.2) is 4.98 Å². The van der Waals surface area contributed by atoms with E-state index < -0.39 is 6.04 Å². The fourth-order valence-electron chi connectivity index (χ4n) is 1.48. The van der Waals surface area contributed by atoms with Gasteiger partial charge in [-0.1, -0.05) is 11.6 Å². The normalized spacial score (nSPS) is 12.2. The molecule has 0 aliphatic rings. The minimum absolute atomic E-state index is 0.141. The van der Waals surface area contributed by atoms with E-state index in [4.69, 9.17) is 11.6 Å². The number of halogens is 1. The minimum Gasteiger partial charge on any atom is -0.355 e. The molecule has 1 aromatic heterocycles. The first-order valence-electron chi connectivity index (χ1n) is 5.00. The molecule has 16 heavy (non-hydrogen) atoms. The number of nitrogens with one attached hydrogen (secondary N) is 1. The smallest absolute Gasteiger partial charge is 0.255 e. The number of carbonyl (C=O) groups excluding carboxylic acids is 1. The molecule has 1 unspecified atom stereocenters. The van der Waals surface area contributed by atoms with E-state index in [-0.39, 0.29) is 16.6 Å². The summed E-state index contributed by atoms with van der Waals surface area (Å²) in [6.07, 6.45) is 0. The largest absolute Gasteiger partial charge is 0.355 e. The van der Waals surface area contributed by atoms with Crippen molar-refractivity contribution in [2.75, 3.05) is 6.54 Å². The zero-order valence-corrected chi connectivity index (χ0v) is 10.2. The highest BCUT2D eigenvalue weighted by Gasteiger charge is 2.17. The number of hydrogen-bond donors (Lipinski definition) is 1. The van der Waals surface area contributed by atoms with Crippen LogP contribution in [0, 0.1) is 6.92 Å². The van der Waals surface area contributed by atoms with E-state index in [1.807, 2.05) is 6.92 Å². The van der Waals surface area contributed by atoms with Crippen LogP contribution in [0.5, 0.6) is 0 Å². The predicted molar refractivity (Wildman–Crippen MR) is 61.6 cm³/mol. The Hall–Kier alpha value is -1.36. The van der Waals surface area contributed by atoms with Gasteiger partial charge < -0.3 is 5.32 Å². The van der Waals surface area contributed by atoms with Crippen LogP contribution in [0.3, 0.4) is 0 Å². The van der Waals surface area contributed by atoms with Crippen molar-refractivity contribution in [3.05, 3.63) is 27.4 Å². The summed E-state index contributed by atoms with van der Waals surface area (Å²) in [6, 6.07) is 0.613. The van der Waals surface area contributed by atoms with Crippen LogP contribution in [-0.2, 0) is 4.79 Å². The van der Waals surface area contributed by atoms with Crippen molar-refractivity contribution in [1.82, 2.24) is 14.9 Å². The van der Waals surface area contributed by atoms with Gasteiger partial charge in [0.05, 0.1) is 0 Å². The van der Waals surface area contributed by atoms with E-state index in [0.29, 0.717) is 12.4 Å². The molecular weight excluding hydrogens is 230 g/mol. The third-order valence-electron chi connectivity index (χ3n) is 2.22. The zero-order valence-electron chi connectivity index (χ0n) is 9.45. The monoisotopic (exact) mass is 243 g/mol. The van der Waals surface area contributed by atoms with Gasteiger partial charge in [0.1, 0.15) is 17.0 Å². The highest BCUT2D eigenvalue weighted by atomic mass is 35.5. The Bertz CT molecular complexity index is 456. The molecule has 0 aliphatic heterocycles. The fourth-order valence-corrected chi connectivity index (χ4v) is 1.70. The van der Waals surface area contributed by atoms with E-state index in [1.165, 1.54) is 10.6 Å².